The van der Waals surface area contributed by atoms with Crippen LogP contribution in [0.5, 0.6) is 0 Å². The number of amides is 1. The number of likely N-dealkylation sites (tertiary alicyclic amines) is 1. The van der Waals surface area contributed by atoms with E-state index < -0.39 is 22.5 Å². The molecule has 1 amide bonds. The predicted molar refractivity (Wildman–Crippen MR) is 149 cm³/mol. The van der Waals surface area contributed by atoms with Crippen molar-refractivity contribution in [2.24, 2.45) is 5.92 Å². The summed E-state index contributed by atoms with van der Waals surface area (Å²) in [6.45, 7) is 3.69. The Morgan fingerprint density at radius 1 is 1.05 bits per heavy atom. The van der Waals surface area contributed by atoms with Gasteiger partial charge in [-0.15, -0.1) is 0 Å². The molecular weight excluding hydrogens is 535 g/mol. The molecule has 202 valence electrons. The van der Waals surface area contributed by atoms with Gasteiger partial charge in [0, 0.05) is 47.6 Å². The van der Waals surface area contributed by atoms with Gasteiger partial charge >= 0.3 is 5.97 Å². The Hall–Kier alpha value is -1.81. The zero-order valence-electron chi connectivity index (χ0n) is 20.8. The molecule has 2 saturated heterocycles. The van der Waals surface area contributed by atoms with Crippen molar-refractivity contribution in [2.75, 3.05) is 31.1 Å². The molecule has 4 unspecified atom stereocenters. The number of rotatable bonds is 8. The molecule has 4 atom stereocenters. The Morgan fingerprint density at radius 3 is 2.32 bits per heavy atom. The molecular formula is C27H34Cl2N2O5S. The largest absolute Gasteiger partial charge is 0.481 e. The molecule has 2 aliphatic rings. The maximum Gasteiger partial charge on any atom is 0.304 e. The zero-order chi connectivity index (χ0) is 26.7. The number of aliphatic carboxylic acids is 1. The number of carboxylic acids is 1. The fourth-order valence-corrected chi connectivity index (χ4v) is 7.26. The number of halogens is 2. The number of carboxylic acid groups (broad SMARTS) is 1. The fourth-order valence-electron chi connectivity index (χ4n) is 5.63. The highest BCUT2D eigenvalue weighted by Gasteiger charge is 2.46. The average molecular weight is 570 g/mol. The van der Waals surface area contributed by atoms with E-state index in [0.29, 0.717) is 54.0 Å². The highest BCUT2D eigenvalue weighted by atomic mass is 35.5. The van der Waals surface area contributed by atoms with Crippen LogP contribution in [0.4, 0.5) is 0 Å². The van der Waals surface area contributed by atoms with Gasteiger partial charge < -0.3 is 10.0 Å². The van der Waals surface area contributed by atoms with Crippen molar-refractivity contribution in [3.63, 3.8) is 0 Å². The van der Waals surface area contributed by atoms with Crippen molar-refractivity contribution in [1.82, 2.24) is 9.80 Å². The Labute approximate surface area is 229 Å². The summed E-state index contributed by atoms with van der Waals surface area (Å²) in [5.41, 5.74) is 1.89. The molecule has 0 bridgehead atoms. The molecule has 0 saturated carbocycles. The van der Waals surface area contributed by atoms with Gasteiger partial charge in [0.2, 0.25) is 5.91 Å². The molecule has 0 aromatic heterocycles. The summed E-state index contributed by atoms with van der Waals surface area (Å²) in [6.07, 6.45) is 0.835. The van der Waals surface area contributed by atoms with Crippen LogP contribution in [0.2, 0.25) is 10.0 Å². The summed E-state index contributed by atoms with van der Waals surface area (Å²) < 4.78 is 20.1. The summed E-state index contributed by atoms with van der Waals surface area (Å²) in [4.78, 5) is 29.9. The molecule has 10 heteroatoms. The van der Waals surface area contributed by atoms with Crippen LogP contribution >= 0.6 is 33.8 Å². The van der Waals surface area contributed by atoms with Crippen molar-refractivity contribution in [3.8, 4) is 0 Å². The van der Waals surface area contributed by atoms with Crippen LogP contribution in [0.25, 0.3) is 0 Å². The van der Waals surface area contributed by atoms with E-state index in [-0.39, 0.29) is 30.3 Å². The van der Waals surface area contributed by atoms with E-state index >= 15 is 0 Å². The Kier molecular flexibility index (Phi) is 9.09. The lowest BCUT2D eigenvalue weighted by molar-refractivity contribution is -0.152. The standard InChI is InChI=1S/C27H34Cl2N2O5S/c1-2-23(17-30-10-12-37(35,36)13-11-30)31-26(18-6-8-21(28)9-7-18)24(19-4-3-5-22(29)14-19)15-20(27(31)34)16-25(32)33/h3-9,14,20,23-24,26,35-36H,2,10-13,15-17H2,1H3,(H,32,33). The molecule has 37 heavy (non-hydrogen) atoms. The minimum Gasteiger partial charge on any atom is -0.481 e. The van der Waals surface area contributed by atoms with E-state index in [1.165, 1.54) is 0 Å². The summed E-state index contributed by atoms with van der Waals surface area (Å²) >= 11 is 12.6. The first-order valence-electron chi connectivity index (χ1n) is 12.6. The average Bonchev–Trinajstić information content (AvgIpc) is 2.85. The van der Waals surface area contributed by atoms with Crippen LogP contribution in [-0.4, -0.2) is 73.1 Å². The van der Waals surface area contributed by atoms with Gasteiger partial charge in [-0.3, -0.25) is 23.6 Å². The van der Waals surface area contributed by atoms with E-state index in [4.69, 9.17) is 23.2 Å². The summed E-state index contributed by atoms with van der Waals surface area (Å²) in [5, 5.41) is 10.8. The predicted octanol–water partition coefficient (Wildman–Crippen LogP) is 5.99. The molecule has 2 fully saturated rings. The van der Waals surface area contributed by atoms with E-state index in [0.717, 1.165) is 11.1 Å². The second kappa shape index (κ2) is 11.9. The van der Waals surface area contributed by atoms with Gasteiger partial charge in [-0.25, -0.2) is 0 Å². The summed E-state index contributed by atoms with van der Waals surface area (Å²) in [7, 11) is -2.54. The molecule has 4 rings (SSSR count). The van der Waals surface area contributed by atoms with Crippen LogP contribution < -0.4 is 0 Å². The molecule has 2 heterocycles. The topological polar surface area (TPSA) is 101 Å². The lowest BCUT2D eigenvalue weighted by atomic mass is 9.74. The number of piperidine rings is 1. The minimum absolute atomic E-state index is 0.159. The zero-order valence-corrected chi connectivity index (χ0v) is 23.1. The molecule has 0 aliphatic carbocycles. The van der Waals surface area contributed by atoms with Crippen LogP contribution in [0, 0.1) is 5.92 Å². The third kappa shape index (κ3) is 6.80. The maximum atomic E-state index is 14.0. The third-order valence-corrected chi connectivity index (χ3v) is 9.69. The Balaban J connectivity index is 1.76. The molecule has 2 aromatic carbocycles. The number of hydrogen-bond acceptors (Lipinski definition) is 5. The van der Waals surface area contributed by atoms with E-state index in [1.807, 2.05) is 54.3 Å². The maximum absolute atomic E-state index is 14.0. The highest BCUT2D eigenvalue weighted by Crippen LogP contribution is 2.48. The normalized spacial score (nSPS) is 26.0. The van der Waals surface area contributed by atoms with E-state index in [9.17, 15) is 23.8 Å². The van der Waals surface area contributed by atoms with Gasteiger partial charge in [-0.2, -0.15) is 10.6 Å². The Bertz CT molecular complexity index is 1110. The van der Waals surface area contributed by atoms with E-state index in [1.54, 1.807) is 6.07 Å². The SMILES string of the molecule is CCC(CN1CCS(O)(O)CC1)N1C(=O)C(CC(=O)O)CC(c2cccc(Cl)c2)C1c1ccc(Cl)cc1. The van der Waals surface area contributed by atoms with Crippen molar-refractivity contribution in [2.45, 2.75) is 44.2 Å². The first kappa shape index (κ1) is 28.2. The fraction of sp³-hybridized carbons (Fsp3) is 0.481. The summed E-state index contributed by atoms with van der Waals surface area (Å²) in [5.74, 6) is -1.33. The highest BCUT2D eigenvalue weighted by molar-refractivity contribution is 8.24. The number of benzene rings is 2. The third-order valence-electron chi connectivity index (χ3n) is 7.53. The lowest BCUT2D eigenvalue weighted by Crippen LogP contribution is -2.55. The first-order valence-corrected chi connectivity index (χ1v) is 15.2. The van der Waals surface area contributed by atoms with Crippen molar-refractivity contribution < 1.29 is 23.8 Å². The van der Waals surface area contributed by atoms with Gasteiger partial charge in [0.05, 0.1) is 24.0 Å². The number of carbonyl (C=O) groups excluding carboxylic acids is 1. The Morgan fingerprint density at radius 2 is 1.73 bits per heavy atom. The monoisotopic (exact) mass is 568 g/mol. The van der Waals surface area contributed by atoms with Crippen molar-refractivity contribution in [3.05, 3.63) is 69.7 Å². The number of nitrogens with zero attached hydrogens (tertiary/aromatic N) is 2. The van der Waals surface area contributed by atoms with Crippen molar-refractivity contribution >= 4 is 45.7 Å². The lowest BCUT2D eigenvalue weighted by Gasteiger charge is -2.50. The molecule has 0 radical (unpaired) electrons. The molecule has 0 spiro atoms. The molecule has 7 nitrogen and oxygen atoms in total. The smallest absolute Gasteiger partial charge is 0.304 e. The van der Waals surface area contributed by atoms with Gasteiger partial charge in [0.1, 0.15) is 0 Å². The quantitative estimate of drug-likeness (QED) is 0.361. The second-order valence-electron chi connectivity index (χ2n) is 10.0. The van der Waals surface area contributed by atoms with Crippen LogP contribution in [0.15, 0.2) is 48.5 Å². The van der Waals surface area contributed by atoms with Gasteiger partial charge in [-0.05, 0) is 48.2 Å². The summed E-state index contributed by atoms with van der Waals surface area (Å²) in [6, 6.07) is 14.6. The van der Waals surface area contributed by atoms with Crippen LogP contribution in [-0.2, 0) is 9.59 Å². The second-order valence-corrected chi connectivity index (χ2v) is 13.3. The number of hydrogen-bond donors (Lipinski definition) is 3. The van der Waals surface area contributed by atoms with Gasteiger partial charge in [0.15, 0.2) is 0 Å². The minimum atomic E-state index is -2.54. The molecule has 3 N–H and O–H groups in total. The van der Waals surface area contributed by atoms with Crippen LogP contribution in [0.1, 0.15) is 49.3 Å². The molecule has 2 aromatic rings. The molecule has 2 aliphatic heterocycles. The van der Waals surface area contributed by atoms with Crippen LogP contribution in [0.3, 0.4) is 0 Å². The van der Waals surface area contributed by atoms with Crippen molar-refractivity contribution in [1.29, 1.82) is 0 Å². The van der Waals surface area contributed by atoms with Gasteiger partial charge in [0.25, 0.3) is 0 Å². The first-order chi connectivity index (χ1) is 17.6. The number of carbonyl (C=O) groups is 2. The van der Waals surface area contributed by atoms with E-state index in [2.05, 4.69) is 4.90 Å². The van der Waals surface area contributed by atoms with Gasteiger partial charge in [-0.1, -0.05) is 54.4 Å².